The number of hydrogen-bond donors (Lipinski definition) is 1. The smallest absolute Gasteiger partial charge is 0.252 e. The molecule has 1 amide bonds. The minimum absolute atomic E-state index is 0.260. The van der Waals surface area contributed by atoms with E-state index < -0.39 is 6.04 Å². The Morgan fingerprint density at radius 3 is 2.80 bits per heavy atom. The van der Waals surface area contributed by atoms with Gasteiger partial charge in [0.1, 0.15) is 6.04 Å². The summed E-state index contributed by atoms with van der Waals surface area (Å²) in [5.74, 6) is -0.260. The number of aryl methyl sites for hydroxylation is 1. The van der Waals surface area contributed by atoms with Gasteiger partial charge in [0.05, 0.1) is 6.07 Å². The number of nitriles is 1. The third-order valence-electron chi connectivity index (χ3n) is 1.96. The number of nitrogens with one attached hydrogen (secondary N) is 1. The fourth-order valence-electron chi connectivity index (χ4n) is 1.10. The van der Waals surface area contributed by atoms with Crippen molar-refractivity contribution in [3.8, 4) is 6.07 Å². The van der Waals surface area contributed by atoms with Crippen LogP contribution < -0.4 is 5.32 Å². The molecule has 0 aromatic heterocycles. The molecule has 78 valence electrons. The second-order valence-electron chi connectivity index (χ2n) is 3.29. The second-order valence-corrected chi connectivity index (χ2v) is 3.70. The van der Waals surface area contributed by atoms with Crippen molar-refractivity contribution in [3.63, 3.8) is 0 Å². The highest BCUT2D eigenvalue weighted by Gasteiger charge is 2.09. The molecule has 0 spiro atoms. The molecular formula is C11H11ClN2O. The first-order valence-electron chi connectivity index (χ1n) is 4.51. The van der Waals surface area contributed by atoms with Crippen LogP contribution in [0.3, 0.4) is 0 Å². The molecule has 0 saturated carbocycles. The molecule has 0 aliphatic rings. The number of hydrogen-bond acceptors (Lipinski definition) is 2. The maximum Gasteiger partial charge on any atom is 0.252 e. The first-order valence-corrected chi connectivity index (χ1v) is 4.89. The molecule has 0 heterocycles. The van der Waals surface area contributed by atoms with E-state index in [0.29, 0.717) is 10.6 Å². The molecule has 1 aromatic carbocycles. The number of benzene rings is 1. The quantitative estimate of drug-likeness (QED) is 0.835. The molecule has 0 saturated heterocycles. The van der Waals surface area contributed by atoms with Crippen molar-refractivity contribution in [2.24, 2.45) is 0 Å². The summed E-state index contributed by atoms with van der Waals surface area (Å²) in [4.78, 5) is 11.6. The largest absolute Gasteiger partial charge is 0.337 e. The van der Waals surface area contributed by atoms with Crippen LogP contribution in [0, 0.1) is 18.3 Å². The first kappa shape index (κ1) is 11.5. The highest BCUT2D eigenvalue weighted by molar-refractivity contribution is 6.31. The molecule has 4 heteroatoms. The third-order valence-corrected chi connectivity index (χ3v) is 2.39. The molecule has 15 heavy (non-hydrogen) atoms. The molecule has 3 nitrogen and oxygen atoms in total. The Morgan fingerprint density at radius 1 is 1.60 bits per heavy atom. The van der Waals surface area contributed by atoms with Crippen molar-refractivity contribution < 1.29 is 4.79 Å². The van der Waals surface area contributed by atoms with Crippen LogP contribution in [0.2, 0.25) is 5.02 Å². The van der Waals surface area contributed by atoms with Gasteiger partial charge in [0.25, 0.3) is 5.91 Å². The summed E-state index contributed by atoms with van der Waals surface area (Å²) in [7, 11) is 0. The van der Waals surface area contributed by atoms with Crippen molar-refractivity contribution in [2.75, 3.05) is 0 Å². The topological polar surface area (TPSA) is 52.9 Å². The molecular weight excluding hydrogens is 212 g/mol. The maximum absolute atomic E-state index is 11.6. The Kier molecular flexibility index (Phi) is 3.70. The van der Waals surface area contributed by atoms with Crippen molar-refractivity contribution in [3.05, 3.63) is 34.3 Å². The Labute approximate surface area is 93.7 Å². The summed E-state index contributed by atoms with van der Waals surface area (Å²) in [6.07, 6.45) is 0. The average Bonchev–Trinajstić information content (AvgIpc) is 2.21. The van der Waals surface area contributed by atoms with Gasteiger partial charge in [-0.15, -0.1) is 0 Å². The van der Waals surface area contributed by atoms with Crippen LogP contribution >= 0.6 is 11.6 Å². The van der Waals surface area contributed by atoms with Crippen LogP contribution in [0.1, 0.15) is 22.8 Å². The fourth-order valence-corrected chi connectivity index (χ4v) is 1.22. The molecule has 1 N–H and O–H groups in total. The van der Waals surface area contributed by atoms with E-state index in [0.717, 1.165) is 5.56 Å². The fraction of sp³-hybridized carbons (Fsp3) is 0.273. The third kappa shape index (κ3) is 2.97. The van der Waals surface area contributed by atoms with E-state index in [1.807, 2.05) is 13.0 Å². The first-order chi connectivity index (χ1) is 7.04. The second kappa shape index (κ2) is 4.81. The van der Waals surface area contributed by atoms with Gasteiger partial charge in [-0.05, 0) is 37.6 Å². The number of nitrogens with zero attached hydrogens (tertiary/aromatic N) is 1. The Morgan fingerprint density at radius 2 is 2.27 bits per heavy atom. The van der Waals surface area contributed by atoms with Gasteiger partial charge in [0, 0.05) is 10.6 Å². The zero-order valence-electron chi connectivity index (χ0n) is 8.54. The molecule has 1 rings (SSSR count). The van der Waals surface area contributed by atoms with Crippen LogP contribution in [-0.4, -0.2) is 11.9 Å². The lowest BCUT2D eigenvalue weighted by Crippen LogP contribution is -2.31. The van der Waals surface area contributed by atoms with Gasteiger partial charge in [-0.3, -0.25) is 4.79 Å². The van der Waals surface area contributed by atoms with E-state index in [4.69, 9.17) is 16.9 Å². The van der Waals surface area contributed by atoms with Crippen LogP contribution in [0.4, 0.5) is 0 Å². The molecule has 0 radical (unpaired) electrons. The van der Waals surface area contributed by atoms with Gasteiger partial charge < -0.3 is 5.32 Å². The summed E-state index contributed by atoms with van der Waals surface area (Å²) >= 11 is 5.83. The Bertz CT molecular complexity index is 423. The van der Waals surface area contributed by atoms with Crippen LogP contribution in [0.5, 0.6) is 0 Å². The summed E-state index contributed by atoms with van der Waals surface area (Å²) in [6.45, 7) is 3.45. The van der Waals surface area contributed by atoms with E-state index in [1.54, 1.807) is 25.1 Å². The van der Waals surface area contributed by atoms with Gasteiger partial charge in [-0.1, -0.05) is 11.6 Å². The summed E-state index contributed by atoms with van der Waals surface area (Å²) in [5.41, 5.74) is 1.35. The molecule has 0 bridgehead atoms. The summed E-state index contributed by atoms with van der Waals surface area (Å²) in [6, 6.07) is 6.44. The van der Waals surface area contributed by atoms with Crippen LogP contribution in [0.25, 0.3) is 0 Å². The number of halogens is 1. The maximum atomic E-state index is 11.6. The van der Waals surface area contributed by atoms with E-state index in [-0.39, 0.29) is 5.91 Å². The molecule has 1 aromatic rings. The molecule has 0 fully saturated rings. The van der Waals surface area contributed by atoms with Gasteiger partial charge in [-0.25, -0.2) is 0 Å². The number of amides is 1. The van der Waals surface area contributed by atoms with Crippen molar-refractivity contribution in [2.45, 2.75) is 19.9 Å². The minimum Gasteiger partial charge on any atom is -0.337 e. The van der Waals surface area contributed by atoms with Gasteiger partial charge in [0.15, 0.2) is 0 Å². The normalized spacial score (nSPS) is 11.6. The Hall–Kier alpha value is -1.53. The van der Waals surface area contributed by atoms with E-state index in [2.05, 4.69) is 5.32 Å². The molecule has 0 aliphatic heterocycles. The highest BCUT2D eigenvalue weighted by atomic mass is 35.5. The molecule has 1 atom stereocenters. The van der Waals surface area contributed by atoms with Crippen molar-refractivity contribution in [1.82, 2.24) is 5.32 Å². The lowest BCUT2D eigenvalue weighted by Gasteiger charge is -2.07. The monoisotopic (exact) mass is 222 g/mol. The predicted molar refractivity (Wildman–Crippen MR) is 58.7 cm³/mol. The van der Waals surface area contributed by atoms with E-state index in [1.165, 1.54) is 0 Å². The zero-order chi connectivity index (χ0) is 11.4. The van der Waals surface area contributed by atoms with Gasteiger partial charge >= 0.3 is 0 Å². The SMILES string of the molecule is Cc1cc(C(=O)NC(C)C#N)ccc1Cl. The lowest BCUT2D eigenvalue weighted by atomic mass is 10.1. The average molecular weight is 223 g/mol. The number of carbonyl (C=O) groups is 1. The van der Waals surface area contributed by atoms with Crippen LogP contribution in [-0.2, 0) is 0 Å². The minimum atomic E-state index is -0.492. The van der Waals surface area contributed by atoms with Gasteiger partial charge in [0.2, 0.25) is 0 Å². The summed E-state index contributed by atoms with van der Waals surface area (Å²) < 4.78 is 0. The standard InChI is InChI=1S/C11H11ClN2O/c1-7-5-9(3-4-10(7)12)11(15)14-8(2)6-13/h3-5,8H,1-2H3,(H,14,15). The Balaban J connectivity index is 2.84. The predicted octanol–water partition coefficient (Wildman–Crippen LogP) is 2.29. The number of rotatable bonds is 2. The van der Waals surface area contributed by atoms with E-state index >= 15 is 0 Å². The van der Waals surface area contributed by atoms with E-state index in [9.17, 15) is 4.79 Å². The van der Waals surface area contributed by atoms with Crippen LogP contribution in [0.15, 0.2) is 18.2 Å². The molecule has 1 unspecified atom stereocenters. The molecule has 0 aliphatic carbocycles. The lowest BCUT2D eigenvalue weighted by molar-refractivity contribution is 0.0947. The highest BCUT2D eigenvalue weighted by Crippen LogP contribution is 2.16. The van der Waals surface area contributed by atoms with Crippen molar-refractivity contribution >= 4 is 17.5 Å². The summed E-state index contributed by atoms with van der Waals surface area (Å²) in [5, 5.41) is 11.7. The number of carbonyl (C=O) groups excluding carboxylic acids is 1. The van der Waals surface area contributed by atoms with Crippen molar-refractivity contribution in [1.29, 1.82) is 5.26 Å². The van der Waals surface area contributed by atoms with Gasteiger partial charge in [-0.2, -0.15) is 5.26 Å². The zero-order valence-corrected chi connectivity index (χ0v) is 9.30.